The van der Waals surface area contributed by atoms with Gasteiger partial charge < -0.3 is 15.3 Å². The molecule has 0 bridgehead atoms. The van der Waals surface area contributed by atoms with Gasteiger partial charge in [0, 0.05) is 19.2 Å². The van der Waals surface area contributed by atoms with E-state index in [9.17, 15) is 0 Å². The first kappa shape index (κ1) is 9.96. The number of likely N-dealkylation sites (tertiary alicyclic amines) is 1. The third-order valence-electron chi connectivity index (χ3n) is 2.56. The van der Waals surface area contributed by atoms with E-state index >= 15 is 0 Å². The number of hydrogen-bond donors (Lipinski definition) is 2. The van der Waals surface area contributed by atoms with Crippen molar-refractivity contribution in [3.8, 4) is 0 Å². The average molecular weight is 172 g/mol. The zero-order valence-corrected chi connectivity index (χ0v) is 7.92. The molecule has 0 aromatic carbocycles. The lowest BCUT2D eigenvalue weighted by atomic mass is 10.2. The Hall–Kier alpha value is -0.120. The molecule has 3 heteroatoms. The highest BCUT2D eigenvalue weighted by Gasteiger charge is 2.19. The maximum absolute atomic E-state index is 8.56. The Labute approximate surface area is 74.8 Å². The van der Waals surface area contributed by atoms with Crippen LogP contribution in [0.5, 0.6) is 0 Å². The van der Waals surface area contributed by atoms with Gasteiger partial charge in [0.25, 0.3) is 0 Å². The quantitative estimate of drug-likeness (QED) is 0.575. The van der Waals surface area contributed by atoms with E-state index in [1.165, 1.54) is 19.4 Å². The molecule has 0 radical (unpaired) electrons. The van der Waals surface area contributed by atoms with Gasteiger partial charge in [0.2, 0.25) is 0 Å². The molecule has 3 nitrogen and oxygen atoms in total. The van der Waals surface area contributed by atoms with Gasteiger partial charge in [-0.05, 0) is 39.4 Å². The fourth-order valence-electron chi connectivity index (χ4n) is 1.71. The lowest BCUT2D eigenvalue weighted by Crippen LogP contribution is -2.35. The molecule has 1 heterocycles. The summed E-state index contributed by atoms with van der Waals surface area (Å²) in [6.45, 7) is 3.57. The van der Waals surface area contributed by atoms with Crippen LogP contribution in [0.1, 0.15) is 19.3 Å². The van der Waals surface area contributed by atoms with Gasteiger partial charge in [0.15, 0.2) is 0 Å². The van der Waals surface area contributed by atoms with Crippen molar-refractivity contribution in [3.63, 3.8) is 0 Å². The summed E-state index contributed by atoms with van der Waals surface area (Å²) in [5.74, 6) is 0. The molecule has 1 aliphatic heterocycles. The molecule has 1 unspecified atom stereocenters. The van der Waals surface area contributed by atoms with Gasteiger partial charge in [-0.2, -0.15) is 0 Å². The standard InChI is InChI=1S/C9H20N2O/c1-11-6-2-4-9(11)8-10-5-3-7-12/h9-10,12H,2-8H2,1H3. The lowest BCUT2D eigenvalue weighted by Gasteiger charge is -2.19. The molecule has 1 fully saturated rings. The highest BCUT2D eigenvalue weighted by Crippen LogP contribution is 2.13. The Kier molecular flexibility index (Phi) is 4.58. The topological polar surface area (TPSA) is 35.5 Å². The SMILES string of the molecule is CN1CCCC1CNCCCO. The second-order valence-electron chi connectivity index (χ2n) is 3.56. The van der Waals surface area contributed by atoms with E-state index in [0.29, 0.717) is 6.61 Å². The predicted molar refractivity (Wildman–Crippen MR) is 50.2 cm³/mol. The number of aliphatic hydroxyl groups excluding tert-OH is 1. The minimum Gasteiger partial charge on any atom is -0.396 e. The molecule has 0 amide bonds. The predicted octanol–water partition coefficient (Wildman–Crippen LogP) is 0.0526. The molecular weight excluding hydrogens is 152 g/mol. The zero-order valence-electron chi connectivity index (χ0n) is 7.92. The van der Waals surface area contributed by atoms with Gasteiger partial charge in [0.05, 0.1) is 0 Å². The Morgan fingerprint density at radius 1 is 1.58 bits per heavy atom. The third kappa shape index (κ3) is 3.09. The van der Waals surface area contributed by atoms with Gasteiger partial charge in [-0.3, -0.25) is 0 Å². The monoisotopic (exact) mass is 172 g/mol. The van der Waals surface area contributed by atoms with Crippen molar-refractivity contribution >= 4 is 0 Å². The summed E-state index contributed by atoms with van der Waals surface area (Å²) >= 11 is 0. The normalized spacial score (nSPS) is 25.0. The Balaban J connectivity index is 1.98. The molecule has 0 aliphatic carbocycles. The zero-order chi connectivity index (χ0) is 8.81. The molecule has 0 spiro atoms. The molecule has 1 rings (SSSR count). The van der Waals surface area contributed by atoms with E-state index in [2.05, 4.69) is 17.3 Å². The summed E-state index contributed by atoms with van der Waals surface area (Å²) in [5, 5.41) is 11.9. The summed E-state index contributed by atoms with van der Waals surface area (Å²) in [6, 6.07) is 0.726. The van der Waals surface area contributed by atoms with Gasteiger partial charge >= 0.3 is 0 Å². The van der Waals surface area contributed by atoms with Crippen LogP contribution in [-0.2, 0) is 0 Å². The summed E-state index contributed by atoms with van der Waals surface area (Å²) in [7, 11) is 2.19. The first-order valence-corrected chi connectivity index (χ1v) is 4.86. The van der Waals surface area contributed by atoms with E-state index in [-0.39, 0.29) is 0 Å². The van der Waals surface area contributed by atoms with Crippen LogP contribution in [0.4, 0.5) is 0 Å². The van der Waals surface area contributed by atoms with Crippen molar-refractivity contribution in [3.05, 3.63) is 0 Å². The fourth-order valence-corrected chi connectivity index (χ4v) is 1.71. The molecular formula is C9H20N2O. The fraction of sp³-hybridized carbons (Fsp3) is 1.00. The second kappa shape index (κ2) is 5.51. The number of rotatable bonds is 5. The molecule has 0 saturated carbocycles. The van der Waals surface area contributed by atoms with E-state index < -0.39 is 0 Å². The number of nitrogens with zero attached hydrogens (tertiary/aromatic N) is 1. The Morgan fingerprint density at radius 3 is 3.00 bits per heavy atom. The van der Waals surface area contributed by atoms with Crippen LogP contribution in [0, 0.1) is 0 Å². The van der Waals surface area contributed by atoms with Gasteiger partial charge in [-0.15, -0.1) is 0 Å². The Morgan fingerprint density at radius 2 is 2.42 bits per heavy atom. The third-order valence-corrected chi connectivity index (χ3v) is 2.56. The van der Waals surface area contributed by atoms with Gasteiger partial charge in [-0.1, -0.05) is 0 Å². The van der Waals surface area contributed by atoms with Crippen LogP contribution in [-0.4, -0.2) is 49.3 Å². The highest BCUT2D eigenvalue weighted by molar-refractivity contribution is 4.77. The van der Waals surface area contributed by atoms with E-state index in [1.807, 2.05) is 0 Å². The minimum atomic E-state index is 0.299. The van der Waals surface area contributed by atoms with Crippen molar-refractivity contribution in [2.24, 2.45) is 0 Å². The first-order valence-electron chi connectivity index (χ1n) is 4.86. The van der Waals surface area contributed by atoms with E-state index in [1.54, 1.807) is 0 Å². The number of nitrogens with one attached hydrogen (secondary N) is 1. The maximum Gasteiger partial charge on any atom is 0.0443 e. The highest BCUT2D eigenvalue weighted by atomic mass is 16.3. The van der Waals surface area contributed by atoms with Crippen molar-refractivity contribution in [1.29, 1.82) is 0 Å². The maximum atomic E-state index is 8.56. The molecule has 1 aliphatic rings. The smallest absolute Gasteiger partial charge is 0.0443 e. The van der Waals surface area contributed by atoms with Crippen LogP contribution < -0.4 is 5.32 Å². The number of aliphatic hydroxyl groups is 1. The van der Waals surface area contributed by atoms with Crippen molar-refractivity contribution in [2.75, 3.05) is 33.3 Å². The molecule has 0 aromatic rings. The summed E-state index contributed by atoms with van der Waals surface area (Å²) in [5.41, 5.74) is 0. The van der Waals surface area contributed by atoms with Crippen LogP contribution in [0.2, 0.25) is 0 Å². The number of hydrogen-bond acceptors (Lipinski definition) is 3. The largest absolute Gasteiger partial charge is 0.396 e. The molecule has 72 valence electrons. The summed E-state index contributed by atoms with van der Waals surface area (Å²) in [4.78, 5) is 2.41. The van der Waals surface area contributed by atoms with Crippen LogP contribution in [0.25, 0.3) is 0 Å². The number of likely N-dealkylation sites (N-methyl/N-ethyl adjacent to an activating group) is 1. The van der Waals surface area contributed by atoms with Crippen LogP contribution in [0.15, 0.2) is 0 Å². The summed E-state index contributed by atoms with van der Waals surface area (Å²) in [6.07, 6.45) is 3.53. The minimum absolute atomic E-state index is 0.299. The molecule has 1 atom stereocenters. The second-order valence-corrected chi connectivity index (χ2v) is 3.56. The van der Waals surface area contributed by atoms with Gasteiger partial charge in [0.1, 0.15) is 0 Å². The van der Waals surface area contributed by atoms with Crippen LogP contribution >= 0.6 is 0 Å². The molecule has 0 aromatic heterocycles. The molecule has 1 saturated heterocycles. The Bertz CT molecular complexity index is 119. The van der Waals surface area contributed by atoms with Crippen molar-refractivity contribution in [1.82, 2.24) is 10.2 Å². The van der Waals surface area contributed by atoms with Crippen molar-refractivity contribution < 1.29 is 5.11 Å². The van der Waals surface area contributed by atoms with Crippen LogP contribution in [0.3, 0.4) is 0 Å². The van der Waals surface area contributed by atoms with Gasteiger partial charge in [-0.25, -0.2) is 0 Å². The molecule has 12 heavy (non-hydrogen) atoms. The van der Waals surface area contributed by atoms with E-state index in [0.717, 1.165) is 25.6 Å². The lowest BCUT2D eigenvalue weighted by molar-refractivity contribution is 0.274. The molecule has 2 N–H and O–H groups in total. The summed E-state index contributed by atoms with van der Waals surface area (Å²) < 4.78 is 0. The van der Waals surface area contributed by atoms with Crippen molar-refractivity contribution in [2.45, 2.75) is 25.3 Å². The first-order chi connectivity index (χ1) is 5.84. The average Bonchev–Trinajstić information content (AvgIpc) is 2.46. The van der Waals surface area contributed by atoms with E-state index in [4.69, 9.17) is 5.11 Å².